The molecule has 114 valence electrons. The minimum Gasteiger partial charge on any atom is -0.329 e. The van der Waals surface area contributed by atoms with Crippen molar-refractivity contribution in [3.8, 4) is 0 Å². The molecular formula is C17H36N2. The highest BCUT2D eigenvalue weighted by atomic mass is 14.9. The summed E-state index contributed by atoms with van der Waals surface area (Å²) in [6, 6.07) is 0.487. The van der Waals surface area contributed by atoms with E-state index in [1.165, 1.54) is 31.3 Å². The Bertz CT molecular complexity index is 191. The van der Waals surface area contributed by atoms with Crippen molar-refractivity contribution in [1.82, 2.24) is 5.32 Å². The van der Waals surface area contributed by atoms with Crippen LogP contribution in [0.5, 0.6) is 0 Å². The third-order valence-corrected chi connectivity index (χ3v) is 3.59. The lowest BCUT2D eigenvalue weighted by Crippen LogP contribution is -2.36. The standard InChI is InChI=1S/C13H26N2.C2H6.C2H4/c1-3-13(10-14)15-9-8-11(2)12-6-4-5-7-12;2*1-2/h12-13,15H,2-10,14H2,1H3;1-2H3;1-2H2. The number of nitrogens with two attached hydrogens (primary N) is 1. The van der Waals surface area contributed by atoms with Crippen LogP contribution in [0.25, 0.3) is 0 Å². The van der Waals surface area contributed by atoms with E-state index >= 15 is 0 Å². The highest BCUT2D eigenvalue weighted by molar-refractivity contribution is 5.02. The van der Waals surface area contributed by atoms with Gasteiger partial charge in [-0.15, -0.1) is 13.2 Å². The zero-order chi connectivity index (χ0) is 15.1. The number of nitrogens with one attached hydrogen (secondary N) is 1. The quantitative estimate of drug-likeness (QED) is 0.676. The molecular weight excluding hydrogens is 232 g/mol. The lowest BCUT2D eigenvalue weighted by molar-refractivity contribution is 0.496. The lowest BCUT2D eigenvalue weighted by atomic mass is 9.96. The molecule has 1 fully saturated rings. The Morgan fingerprint density at radius 2 is 1.79 bits per heavy atom. The molecule has 0 bridgehead atoms. The second-order valence-corrected chi connectivity index (χ2v) is 4.68. The van der Waals surface area contributed by atoms with Crippen LogP contribution in [0.4, 0.5) is 0 Å². The maximum absolute atomic E-state index is 5.64. The first-order chi connectivity index (χ1) is 9.27. The van der Waals surface area contributed by atoms with Gasteiger partial charge in [-0.25, -0.2) is 0 Å². The molecule has 1 rings (SSSR count). The molecule has 1 aliphatic carbocycles. The second-order valence-electron chi connectivity index (χ2n) is 4.68. The fourth-order valence-electron chi connectivity index (χ4n) is 2.37. The fraction of sp³-hybridized carbons (Fsp3) is 0.765. The van der Waals surface area contributed by atoms with Gasteiger partial charge in [0.15, 0.2) is 0 Å². The van der Waals surface area contributed by atoms with Gasteiger partial charge in [0.1, 0.15) is 0 Å². The van der Waals surface area contributed by atoms with Gasteiger partial charge < -0.3 is 11.1 Å². The SMILES string of the molecule is C=C.C=C(CCNC(CC)CN)C1CCCC1.CC. The first kappa shape index (κ1) is 20.7. The number of hydrogen-bond donors (Lipinski definition) is 2. The third kappa shape index (κ3) is 9.92. The van der Waals surface area contributed by atoms with E-state index in [-0.39, 0.29) is 0 Å². The van der Waals surface area contributed by atoms with Crippen LogP contribution < -0.4 is 11.1 Å². The van der Waals surface area contributed by atoms with Crippen LogP contribution in [0, 0.1) is 5.92 Å². The normalized spacial score (nSPS) is 15.8. The molecule has 1 aliphatic rings. The highest BCUT2D eigenvalue weighted by Crippen LogP contribution is 2.31. The summed E-state index contributed by atoms with van der Waals surface area (Å²) in [6.45, 7) is 18.2. The van der Waals surface area contributed by atoms with Crippen LogP contribution in [0.2, 0.25) is 0 Å². The summed E-state index contributed by atoms with van der Waals surface area (Å²) in [7, 11) is 0. The van der Waals surface area contributed by atoms with Crippen LogP contribution in [-0.4, -0.2) is 19.1 Å². The summed E-state index contributed by atoms with van der Waals surface area (Å²) in [5, 5.41) is 3.49. The van der Waals surface area contributed by atoms with E-state index < -0.39 is 0 Å². The molecule has 1 unspecified atom stereocenters. The van der Waals surface area contributed by atoms with Crippen molar-refractivity contribution < 1.29 is 0 Å². The molecule has 1 atom stereocenters. The predicted octanol–water partition coefficient (Wildman–Crippen LogP) is 4.28. The Kier molecular flexibility index (Phi) is 16.9. The summed E-state index contributed by atoms with van der Waals surface area (Å²) < 4.78 is 0. The molecule has 0 radical (unpaired) electrons. The van der Waals surface area contributed by atoms with Crippen LogP contribution in [-0.2, 0) is 0 Å². The highest BCUT2D eigenvalue weighted by Gasteiger charge is 2.17. The molecule has 0 heterocycles. The van der Waals surface area contributed by atoms with E-state index in [4.69, 9.17) is 5.73 Å². The topological polar surface area (TPSA) is 38.0 Å². The summed E-state index contributed by atoms with van der Waals surface area (Å²) in [5.41, 5.74) is 7.09. The molecule has 2 heteroatoms. The van der Waals surface area contributed by atoms with Crippen molar-refractivity contribution in [2.45, 2.75) is 65.3 Å². The predicted molar refractivity (Wildman–Crippen MR) is 89.5 cm³/mol. The van der Waals surface area contributed by atoms with Crippen LogP contribution in [0.3, 0.4) is 0 Å². The molecule has 0 spiro atoms. The first-order valence-electron chi connectivity index (χ1n) is 7.89. The molecule has 0 aromatic rings. The molecule has 0 aromatic carbocycles. The van der Waals surface area contributed by atoms with Gasteiger partial charge in [0.25, 0.3) is 0 Å². The lowest BCUT2D eigenvalue weighted by Gasteiger charge is -2.17. The molecule has 0 aromatic heterocycles. The van der Waals surface area contributed by atoms with E-state index in [2.05, 4.69) is 32.0 Å². The minimum absolute atomic E-state index is 0.487. The molecule has 1 saturated carbocycles. The molecule has 3 N–H and O–H groups in total. The molecule has 19 heavy (non-hydrogen) atoms. The fourth-order valence-corrected chi connectivity index (χ4v) is 2.37. The Hall–Kier alpha value is -0.600. The van der Waals surface area contributed by atoms with E-state index in [1.54, 1.807) is 0 Å². The number of hydrogen-bond acceptors (Lipinski definition) is 2. The van der Waals surface area contributed by atoms with Crippen molar-refractivity contribution in [1.29, 1.82) is 0 Å². The average Bonchev–Trinajstić information content (AvgIpc) is 3.02. The van der Waals surface area contributed by atoms with Gasteiger partial charge in [0, 0.05) is 12.6 Å². The maximum Gasteiger partial charge on any atom is 0.0187 e. The van der Waals surface area contributed by atoms with Crippen LogP contribution in [0.1, 0.15) is 59.3 Å². The summed E-state index contributed by atoms with van der Waals surface area (Å²) in [4.78, 5) is 0. The van der Waals surface area contributed by atoms with Crippen LogP contribution in [0.15, 0.2) is 25.3 Å². The third-order valence-electron chi connectivity index (χ3n) is 3.59. The Balaban J connectivity index is 0. The van der Waals surface area contributed by atoms with Gasteiger partial charge in [-0.1, -0.05) is 45.8 Å². The van der Waals surface area contributed by atoms with Crippen molar-refractivity contribution in [3.63, 3.8) is 0 Å². The van der Waals surface area contributed by atoms with Gasteiger partial charge >= 0.3 is 0 Å². The number of rotatable bonds is 7. The van der Waals surface area contributed by atoms with Gasteiger partial charge in [0.2, 0.25) is 0 Å². The monoisotopic (exact) mass is 268 g/mol. The van der Waals surface area contributed by atoms with Crippen molar-refractivity contribution in [3.05, 3.63) is 25.3 Å². The van der Waals surface area contributed by atoms with E-state index in [0.717, 1.165) is 31.8 Å². The first-order valence-corrected chi connectivity index (χ1v) is 7.89. The van der Waals surface area contributed by atoms with E-state index in [1.807, 2.05) is 13.8 Å². The van der Waals surface area contributed by atoms with Crippen molar-refractivity contribution in [2.75, 3.05) is 13.1 Å². The zero-order valence-electron chi connectivity index (χ0n) is 13.5. The van der Waals surface area contributed by atoms with Crippen molar-refractivity contribution >= 4 is 0 Å². The van der Waals surface area contributed by atoms with Crippen molar-refractivity contribution in [2.24, 2.45) is 11.7 Å². The molecule has 0 aliphatic heterocycles. The van der Waals surface area contributed by atoms with Crippen LogP contribution >= 0.6 is 0 Å². The van der Waals surface area contributed by atoms with E-state index in [0.29, 0.717) is 6.04 Å². The van der Waals surface area contributed by atoms with Gasteiger partial charge in [-0.2, -0.15) is 0 Å². The average molecular weight is 268 g/mol. The largest absolute Gasteiger partial charge is 0.329 e. The summed E-state index contributed by atoms with van der Waals surface area (Å²) in [6.07, 6.45) is 7.78. The molecule has 2 nitrogen and oxygen atoms in total. The van der Waals surface area contributed by atoms with E-state index in [9.17, 15) is 0 Å². The molecule has 0 amide bonds. The van der Waals surface area contributed by atoms with Gasteiger partial charge in [-0.05, 0) is 38.1 Å². The Morgan fingerprint density at radius 3 is 2.21 bits per heavy atom. The maximum atomic E-state index is 5.64. The minimum atomic E-state index is 0.487. The molecule has 0 saturated heterocycles. The second kappa shape index (κ2) is 15.5. The summed E-state index contributed by atoms with van der Waals surface area (Å²) in [5.74, 6) is 0.810. The summed E-state index contributed by atoms with van der Waals surface area (Å²) >= 11 is 0. The zero-order valence-corrected chi connectivity index (χ0v) is 13.5. The Labute approximate surface area is 121 Å². The smallest absolute Gasteiger partial charge is 0.0187 e. The van der Waals surface area contributed by atoms with Gasteiger partial charge in [0.05, 0.1) is 0 Å². The Morgan fingerprint density at radius 1 is 1.26 bits per heavy atom. The van der Waals surface area contributed by atoms with Gasteiger partial charge in [-0.3, -0.25) is 0 Å².